The van der Waals surface area contributed by atoms with Gasteiger partial charge in [-0.2, -0.15) is 0 Å². The lowest BCUT2D eigenvalue weighted by molar-refractivity contribution is 0.260. The molecule has 1 N–H and O–H groups in total. The Kier molecular flexibility index (Phi) is 7.21. The van der Waals surface area contributed by atoms with Crippen LogP contribution in [0.4, 0.5) is 0 Å². The molecule has 1 aliphatic heterocycles. The number of hydrogen-bond acceptors (Lipinski definition) is 3. The van der Waals surface area contributed by atoms with E-state index in [2.05, 4.69) is 17.1 Å². The van der Waals surface area contributed by atoms with E-state index in [0.29, 0.717) is 28.4 Å². The maximum Gasteiger partial charge on any atom is 0.156 e. The van der Waals surface area contributed by atoms with Crippen LogP contribution in [-0.2, 0) is 13.2 Å². The highest BCUT2D eigenvalue weighted by Crippen LogP contribution is 2.34. The Hall–Kier alpha value is -1.26. The van der Waals surface area contributed by atoms with Crippen molar-refractivity contribution in [2.45, 2.75) is 39.0 Å². The summed E-state index contributed by atoms with van der Waals surface area (Å²) in [6.45, 7) is 6.77. The van der Waals surface area contributed by atoms with E-state index in [1.54, 1.807) is 0 Å². The maximum absolute atomic E-state index is 6.41. The predicted molar refractivity (Wildman–Crippen MR) is 109 cm³/mol. The molecular weight excluding hydrogens is 367 g/mol. The molecule has 1 heterocycles. The van der Waals surface area contributed by atoms with Crippen molar-refractivity contribution in [3.63, 3.8) is 0 Å². The highest BCUT2D eigenvalue weighted by Gasteiger charge is 2.22. The molecule has 0 saturated carbocycles. The molecule has 26 heavy (non-hydrogen) atoms. The number of halogens is 2. The van der Waals surface area contributed by atoms with Gasteiger partial charge in [-0.3, -0.25) is 4.90 Å². The molecule has 3 rings (SSSR count). The molecule has 0 amide bonds. The highest BCUT2D eigenvalue weighted by atomic mass is 35.5. The summed E-state index contributed by atoms with van der Waals surface area (Å²) in [4.78, 5) is 2.54. The highest BCUT2D eigenvalue weighted by molar-refractivity contribution is 6.37. The topological polar surface area (TPSA) is 24.5 Å². The maximum atomic E-state index is 6.41. The van der Waals surface area contributed by atoms with Crippen molar-refractivity contribution in [1.82, 2.24) is 10.2 Å². The van der Waals surface area contributed by atoms with Crippen LogP contribution in [0.1, 0.15) is 30.9 Å². The van der Waals surface area contributed by atoms with Crippen LogP contribution >= 0.6 is 23.2 Å². The molecular formula is C21H26Cl2N2O. The van der Waals surface area contributed by atoms with Crippen molar-refractivity contribution >= 4 is 23.2 Å². The summed E-state index contributed by atoms with van der Waals surface area (Å²) in [6, 6.07) is 14.5. The average Bonchev–Trinajstić information content (AvgIpc) is 3.09. The van der Waals surface area contributed by atoms with Gasteiger partial charge in [-0.25, -0.2) is 0 Å². The Bertz CT molecular complexity index is 685. The van der Waals surface area contributed by atoms with E-state index in [-0.39, 0.29) is 0 Å². The van der Waals surface area contributed by atoms with Gasteiger partial charge >= 0.3 is 0 Å². The third-order valence-electron chi connectivity index (χ3n) is 4.90. The largest absolute Gasteiger partial charge is 0.486 e. The number of hydrogen-bond donors (Lipinski definition) is 1. The van der Waals surface area contributed by atoms with Crippen LogP contribution in [0.2, 0.25) is 10.0 Å². The van der Waals surface area contributed by atoms with Crippen molar-refractivity contribution < 1.29 is 4.74 Å². The van der Waals surface area contributed by atoms with Crippen molar-refractivity contribution in [3.8, 4) is 5.75 Å². The number of nitrogens with one attached hydrogen (secondary N) is 1. The lowest BCUT2D eigenvalue weighted by Gasteiger charge is -2.23. The molecule has 3 nitrogen and oxygen atoms in total. The van der Waals surface area contributed by atoms with E-state index in [1.807, 2.05) is 42.5 Å². The van der Waals surface area contributed by atoms with Crippen molar-refractivity contribution in [3.05, 3.63) is 63.6 Å². The lowest BCUT2D eigenvalue weighted by atomic mass is 10.2. The minimum atomic E-state index is 0.451. The molecule has 0 radical (unpaired) electrons. The number of nitrogens with zero attached hydrogens (tertiary/aromatic N) is 1. The molecule has 0 bridgehead atoms. The first-order valence-corrected chi connectivity index (χ1v) is 10.0. The fraction of sp³-hybridized carbons (Fsp3) is 0.429. The quantitative estimate of drug-likeness (QED) is 0.672. The van der Waals surface area contributed by atoms with Gasteiger partial charge < -0.3 is 10.1 Å². The monoisotopic (exact) mass is 392 g/mol. The minimum absolute atomic E-state index is 0.451. The second-order valence-corrected chi connectivity index (χ2v) is 7.53. The van der Waals surface area contributed by atoms with Crippen molar-refractivity contribution in [1.29, 1.82) is 0 Å². The first-order valence-electron chi connectivity index (χ1n) is 9.26. The third kappa shape index (κ3) is 5.14. The van der Waals surface area contributed by atoms with Gasteiger partial charge in [-0.05, 0) is 49.2 Å². The minimum Gasteiger partial charge on any atom is -0.486 e. The van der Waals surface area contributed by atoms with Gasteiger partial charge in [-0.15, -0.1) is 0 Å². The Balaban J connectivity index is 1.55. The Morgan fingerprint density at radius 3 is 2.54 bits per heavy atom. The summed E-state index contributed by atoms with van der Waals surface area (Å²) in [5.41, 5.74) is 2.16. The zero-order chi connectivity index (χ0) is 18.4. The summed E-state index contributed by atoms with van der Waals surface area (Å²) in [6.07, 6.45) is 2.57. The standard InChI is InChI=1S/C21H26Cl2N2O/c1-2-25-10-6-9-18(25)14-24-13-17-11-19(22)21(20(23)12-17)26-15-16-7-4-3-5-8-16/h3-5,7-8,11-12,18,24H,2,6,9-10,13-15H2,1H3/t18-/m1/s1. The van der Waals surface area contributed by atoms with Crippen LogP contribution in [0, 0.1) is 0 Å². The van der Waals surface area contributed by atoms with Gasteiger partial charge in [0.1, 0.15) is 6.61 Å². The van der Waals surface area contributed by atoms with Crippen LogP contribution < -0.4 is 10.1 Å². The molecule has 0 unspecified atom stereocenters. The van der Waals surface area contributed by atoms with Crippen LogP contribution in [0.3, 0.4) is 0 Å². The molecule has 140 valence electrons. The summed E-state index contributed by atoms with van der Waals surface area (Å²) in [5.74, 6) is 0.550. The number of ether oxygens (including phenoxy) is 1. The van der Waals surface area contributed by atoms with E-state index in [4.69, 9.17) is 27.9 Å². The van der Waals surface area contributed by atoms with Crippen LogP contribution in [0.25, 0.3) is 0 Å². The fourth-order valence-corrected chi connectivity index (χ4v) is 4.15. The molecule has 1 saturated heterocycles. The second kappa shape index (κ2) is 9.61. The number of likely N-dealkylation sites (N-methyl/N-ethyl adjacent to an activating group) is 1. The van der Waals surface area contributed by atoms with E-state index in [9.17, 15) is 0 Å². The SMILES string of the molecule is CCN1CCC[C@@H]1CNCc1cc(Cl)c(OCc2ccccc2)c(Cl)c1. The second-order valence-electron chi connectivity index (χ2n) is 6.72. The first kappa shape index (κ1) is 19.5. The predicted octanol–water partition coefficient (Wildman–Crippen LogP) is 5.15. The van der Waals surface area contributed by atoms with E-state index in [1.165, 1.54) is 19.4 Å². The summed E-state index contributed by atoms with van der Waals surface area (Å²) in [7, 11) is 0. The summed E-state index contributed by atoms with van der Waals surface area (Å²) >= 11 is 12.8. The Labute approximate surface area is 166 Å². The fourth-order valence-electron chi connectivity index (χ4n) is 3.51. The molecule has 2 aromatic rings. The van der Waals surface area contributed by atoms with Gasteiger partial charge in [0.25, 0.3) is 0 Å². The summed E-state index contributed by atoms with van der Waals surface area (Å²) < 4.78 is 5.83. The van der Waals surface area contributed by atoms with E-state index < -0.39 is 0 Å². The molecule has 0 spiro atoms. The van der Waals surface area contributed by atoms with Gasteiger partial charge in [-0.1, -0.05) is 60.5 Å². The van der Waals surface area contributed by atoms with E-state index >= 15 is 0 Å². The van der Waals surface area contributed by atoms with E-state index in [0.717, 1.165) is 30.8 Å². The lowest BCUT2D eigenvalue weighted by Crippen LogP contribution is -2.37. The zero-order valence-corrected chi connectivity index (χ0v) is 16.7. The molecule has 2 aromatic carbocycles. The molecule has 1 fully saturated rings. The van der Waals surface area contributed by atoms with Crippen molar-refractivity contribution in [2.75, 3.05) is 19.6 Å². The van der Waals surface area contributed by atoms with Gasteiger partial charge in [0.15, 0.2) is 5.75 Å². The zero-order valence-electron chi connectivity index (χ0n) is 15.2. The third-order valence-corrected chi connectivity index (χ3v) is 5.46. The smallest absolute Gasteiger partial charge is 0.156 e. The molecule has 1 aliphatic rings. The van der Waals surface area contributed by atoms with Crippen LogP contribution in [-0.4, -0.2) is 30.6 Å². The number of rotatable bonds is 8. The average molecular weight is 393 g/mol. The van der Waals surface area contributed by atoms with Gasteiger partial charge in [0.05, 0.1) is 10.0 Å². The normalized spacial score (nSPS) is 17.6. The van der Waals surface area contributed by atoms with Gasteiger partial charge in [0, 0.05) is 19.1 Å². The summed E-state index contributed by atoms with van der Waals surface area (Å²) in [5, 5.41) is 4.65. The molecule has 5 heteroatoms. The first-order chi connectivity index (χ1) is 12.7. The molecule has 0 aliphatic carbocycles. The Morgan fingerprint density at radius 1 is 1.12 bits per heavy atom. The number of likely N-dealkylation sites (tertiary alicyclic amines) is 1. The van der Waals surface area contributed by atoms with Crippen molar-refractivity contribution in [2.24, 2.45) is 0 Å². The number of benzene rings is 2. The molecule has 0 aromatic heterocycles. The van der Waals surface area contributed by atoms with Crippen LogP contribution in [0.15, 0.2) is 42.5 Å². The Morgan fingerprint density at radius 2 is 1.85 bits per heavy atom. The molecule has 1 atom stereocenters. The van der Waals surface area contributed by atoms with Crippen LogP contribution in [0.5, 0.6) is 5.75 Å². The van der Waals surface area contributed by atoms with Gasteiger partial charge in [0.2, 0.25) is 0 Å².